The molecule has 0 spiro atoms. The van der Waals surface area contributed by atoms with Crippen LogP contribution in [0.25, 0.3) is 10.9 Å². The number of carbonyl (C=O) groups excluding carboxylic acids is 1. The summed E-state index contributed by atoms with van der Waals surface area (Å²) in [4.78, 5) is 18.1. The number of carbonyl (C=O) groups is 1. The summed E-state index contributed by atoms with van der Waals surface area (Å²) in [5.41, 5.74) is 2.25. The lowest BCUT2D eigenvalue weighted by Gasteiger charge is -2.05. The molecule has 3 N–H and O–H groups in total. The van der Waals surface area contributed by atoms with Crippen LogP contribution in [-0.2, 0) is 0 Å². The summed E-state index contributed by atoms with van der Waals surface area (Å²) in [5, 5.41) is 3.89. The first kappa shape index (κ1) is 11.7. The van der Waals surface area contributed by atoms with Crippen LogP contribution in [0.3, 0.4) is 0 Å². The summed E-state index contributed by atoms with van der Waals surface area (Å²) in [5.74, 6) is -0.211. The van der Waals surface area contributed by atoms with Crippen LogP contribution in [0, 0.1) is 4.64 Å². The van der Waals surface area contributed by atoms with Gasteiger partial charge in [-0.05, 0) is 36.4 Å². The summed E-state index contributed by atoms with van der Waals surface area (Å²) < 4.78 is 0.433. The zero-order valence-corrected chi connectivity index (χ0v) is 10.8. The van der Waals surface area contributed by atoms with E-state index in [0.717, 1.165) is 16.6 Å². The van der Waals surface area contributed by atoms with Crippen LogP contribution in [0.5, 0.6) is 0 Å². The molecule has 0 bridgehead atoms. The quantitative estimate of drug-likeness (QED) is 0.624. The van der Waals surface area contributed by atoms with Crippen molar-refractivity contribution in [3.8, 4) is 0 Å². The molecule has 0 fully saturated rings. The monoisotopic (exact) mass is 269 g/mol. The molecule has 1 aromatic carbocycles. The molecule has 0 saturated carbocycles. The van der Waals surface area contributed by atoms with Gasteiger partial charge < -0.3 is 15.3 Å². The Labute approximate surface area is 114 Å². The van der Waals surface area contributed by atoms with E-state index >= 15 is 0 Å². The van der Waals surface area contributed by atoms with Crippen LogP contribution in [0.4, 0.5) is 5.69 Å². The Morgan fingerprint density at radius 2 is 2.00 bits per heavy atom. The molecule has 0 radical (unpaired) electrons. The van der Waals surface area contributed by atoms with E-state index in [1.165, 1.54) is 0 Å². The molecule has 0 aliphatic heterocycles. The molecule has 4 nitrogen and oxygen atoms in total. The SMILES string of the molecule is O=C(Nc1ccc2[nH]ccc2c1)c1ccc[nH]c1=S. The Balaban J connectivity index is 1.90. The summed E-state index contributed by atoms with van der Waals surface area (Å²) in [6.45, 7) is 0. The summed E-state index contributed by atoms with van der Waals surface area (Å²) in [6, 6.07) is 11.1. The van der Waals surface area contributed by atoms with Gasteiger partial charge in [0.1, 0.15) is 4.64 Å². The van der Waals surface area contributed by atoms with E-state index in [1.807, 2.05) is 30.5 Å². The first-order valence-electron chi connectivity index (χ1n) is 5.80. The van der Waals surface area contributed by atoms with Gasteiger partial charge in [0, 0.05) is 29.0 Å². The van der Waals surface area contributed by atoms with Crippen molar-refractivity contribution in [2.75, 3.05) is 5.32 Å². The number of pyridine rings is 1. The molecule has 0 atom stereocenters. The zero-order chi connectivity index (χ0) is 13.2. The third-order valence-electron chi connectivity index (χ3n) is 2.87. The van der Waals surface area contributed by atoms with Crippen LogP contribution >= 0.6 is 12.2 Å². The fourth-order valence-electron chi connectivity index (χ4n) is 1.93. The maximum Gasteiger partial charge on any atom is 0.258 e. The molecule has 19 heavy (non-hydrogen) atoms. The molecular formula is C14H11N3OS. The largest absolute Gasteiger partial charge is 0.361 e. The number of aromatic nitrogens is 2. The Morgan fingerprint density at radius 1 is 1.11 bits per heavy atom. The van der Waals surface area contributed by atoms with E-state index in [4.69, 9.17) is 12.2 Å². The zero-order valence-electron chi connectivity index (χ0n) is 9.94. The predicted octanol–water partition coefficient (Wildman–Crippen LogP) is 3.48. The normalized spacial score (nSPS) is 10.5. The van der Waals surface area contributed by atoms with Crippen LogP contribution in [0.1, 0.15) is 10.4 Å². The van der Waals surface area contributed by atoms with Crippen molar-refractivity contribution in [1.82, 2.24) is 9.97 Å². The molecule has 0 aliphatic carbocycles. The Bertz CT molecular complexity index is 803. The molecule has 0 unspecified atom stereocenters. The fraction of sp³-hybridized carbons (Fsp3) is 0. The van der Waals surface area contributed by atoms with Gasteiger partial charge in [0.25, 0.3) is 5.91 Å². The number of fused-ring (bicyclic) bond motifs is 1. The van der Waals surface area contributed by atoms with Gasteiger partial charge in [-0.3, -0.25) is 4.79 Å². The van der Waals surface area contributed by atoms with E-state index in [-0.39, 0.29) is 5.91 Å². The molecule has 3 aromatic rings. The van der Waals surface area contributed by atoms with Gasteiger partial charge in [-0.2, -0.15) is 0 Å². The average molecular weight is 269 g/mol. The topological polar surface area (TPSA) is 60.7 Å². The number of aromatic amines is 2. The molecule has 0 saturated heterocycles. The number of hydrogen-bond acceptors (Lipinski definition) is 2. The maximum absolute atomic E-state index is 12.1. The molecule has 0 aliphatic rings. The smallest absolute Gasteiger partial charge is 0.258 e. The highest BCUT2D eigenvalue weighted by Crippen LogP contribution is 2.18. The highest BCUT2D eigenvalue weighted by molar-refractivity contribution is 7.71. The first-order chi connectivity index (χ1) is 9.24. The lowest BCUT2D eigenvalue weighted by atomic mass is 10.2. The molecule has 5 heteroatoms. The number of H-pyrrole nitrogens is 2. The van der Waals surface area contributed by atoms with E-state index in [2.05, 4.69) is 15.3 Å². The minimum Gasteiger partial charge on any atom is -0.361 e. The van der Waals surface area contributed by atoms with Crippen molar-refractivity contribution in [1.29, 1.82) is 0 Å². The van der Waals surface area contributed by atoms with Crippen LogP contribution in [0.2, 0.25) is 0 Å². The van der Waals surface area contributed by atoms with Crippen LogP contribution < -0.4 is 5.32 Å². The highest BCUT2D eigenvalue weighted by Gasteiger charge is 2.08. The second kappa shape index (κ2) is 4.70. The van der Waals surface area contributed by atoms with Gasteiger partial charge in [0.15, 0.2) is 0 Å². The lowest BCUT2D eigenvalue weighted by Crippen LogP contribution is -2.12. The van der Waals surface area contributed by atoms with Crippen molar-refractivity contribution in [2.24, 2.45) is 0 Å². The second-order valence-corrected chi connectivity index (χ2v) is 4.55. The Hall–Kier alpha value is -2.40. The maximum atomic E-state index is 12.1. The van der Waals surface area contributed by atoms with Gasteiger partial charge in [-0.25, -0.2) is 0 Å². The van der Waals surface area contributed by atoms with E-state index < -0.39 is 0 Å². The average Bonchev–Trinajstić information content (AvgIpc) is 2.86. The minimum atomic E-state index is -0.211. The van der Waals surface area contributed by atoms with Crippen molar-refractivity contribution in [3.63, 3.8) is 0 Å². The number of benzene rings is 1. The standard InChI is InChI=1S/C14H11N3OS/c18-13(11-2-1-6-16-14(11)19)17-10-3-4-12-9(8-10)5-7-15-12/h1-8,15H,(H,16,19)(H,17,18). The third kappa shape index (κ3) is 2.28. The van der Waals surface area contributed by atoms with Crippen LogP contribution in [-0.4, -0.2) is 15.9 Å². The third-order valence-corrected chi connectivity index (χ3v) is 3.21. The van der Waals surface area contributed by atoms with Crippen molar-refractivity contribution >= 4 is 34.7 Å². The lowest BCUT2D eigenvalue weighted by molar-refractivity contribution is 0.102. The van der Waals surface area contributed by atoms with Gasteiger partial charge >= 0.3 is 0 Å². The van der Waals surface area contributed by atoms with Gasteiger partial charge in [-0.1, -0.05) is 12.2 Å². The number of nitrogens with one attached hydrogen (secondary N) is 3. The fourth-order valence-corrected chi connectivity index (χ4v) is 2.16. The van der Waals surface area contributed by atoms with E-state index in [0.29, 0.717) is 10.2 Å². The molecular weight excluding hydrogens is 258 g/mol. The summed E-state index contributed by atoms with van der Waals surface area (Å²) in [6.07, 6.45) is 3.56. The Morgan fingerprint density at radius 3 is 2.84 bits per heavy atom. The summed E-state index contributed by atoms with van der Waals surface area (Å²) in [7, 11) is 0. The Kier molecular flexibility index (Phi) is 2.89. The molecule has 2 aromatic heterocycles. The molecule has 3 rings (SSSR count). The number of rotatable bonds is 2. The van der Waals surface area contributed by atoms with Crippen molar-refractivity contribution in [2.45, 2.75) is 0 Å². The first-order valence-corrected chi connectivity index (χ1v) is 6.21. The number of hydrogen-bond donors (Lipinski definition) is 3. The predicted molar refractivity (Wildman–Crippen MR) is 77.9 cm³/mol. The van der Waals surface area contributed by atoms with E-state index in [9.17, 15) is 4.79 Å². The summed E-state index contributed by atoms with van der Waals surface area (Å²) >= 11 is 5.09. The molecule has 94 valence electrons. The van der Waals surface area contributed by atoms with Gasteiger partial charge in [0.05, 0.1) is 5.56 Å². The van der Waals surface area contributed by atoms with Gasteiger partial charge in [-0.15, -0.1) is 0 Å². The second-order valence-electron chi connectivity index (χ2n) is 4.15. The number of anilines is 1. The van der Waals surface area contributed by atoms with Crippen LogP contribution in [0.15, 0.2) is 48.8 Å². The highest BCUT2D eigenvalue weighted by atomic mass is 32.1. The van der Waals surface area contributed by atoms with Gasteiger partial charge in [0.2, 0.25) is 0 Å². The number of amides is 1. The molecule has 1 amide bonds. The van der Waals surface area contributed by atoms with Crippen molar-refractivity contribution < 1.29 is 4.79 Å². The minimum absolute atomic E-state index is 0.211. The molecule has 2 heterocycles. The van der Waals surface area contributed by atoms with E-state index in [1.54, 1.807) is 18.3 Å². The van der Waals surface area contributed by atoms with Crippen molar-refractivity contribution in [3.05, 3.63) is 59.0 Å².